The third-order valence-corrected chi connectivity index (χ3v) is 6.55. The minimum absolute atomic E-state index is 0.0232. The van der Waals surface area contributed by atoms with Crippen LogP contribution in [0.15, 0.2) is 30.3 Å². The van der Waals surface area contributed by atoms with Crippen LogP contribution >= 0.6 is 0 Å². The summed E-state index contributed by atoms with van der Waals surface area (Å²) in [5.41, 5.74) is 1.41. The first-order valence-corrected chi connectivity index (χ1v) is 10.7. The quantitative estimate of drug-likeness (QED) is 0.810. The van der Waals surface area contributed by atoms with E-state index in [1.165, 1.54) is 16.1 Å². The number of carbonyl (C=O) groups excluding carboxylic acids is 1. The molecule has 0 bridgehead atoms. The van der Waals surface area contributed by atoms with Gasteiger partial charge in [0.1, 0.15) is 0 Å². The first-order chi connectivity index (χ1) is 11.9. The lowest BCUT2D eigenvalue weighted by Crippen LogP contribution is -2.42. The molecule has 6 nitrogen and oxygen atoms in total. The van der Waals surface area contributed by atoms with Crippen LogP contribution in [0.2, 0.25) is 0 Å². The molecular weight excluding hydrogens is 338 g/mol. The molecule has 1 N–H and O–H groups in total. The monoisotopic (exact) mass is 365 g/mol. The summed E-state index contributed by atoms with van der Waals surface area (Å²) in [6.07, 6.45) is 4.23. The van der Waals surface area contributed by atoms with E-state index >= 15 is 0 Å². The van der Waals surface area contributed by atoms with Crippen LogP contribution in [-0.2, 0) is 20.2 Å². The summed E-state index contributed by atoms with van der Waals surface area (Å²) < 4.78 is 24.8. The molecule has 0 atom stereocenters. The van der Waals surface area contributed by atoms with Crippen LogP contribution < -0.4 is 5.32 Å². The van der Waals surface area contributed by atoms with E-state index in [4.69, 9.17) is 0 Å². The van der Waals surface area contributed by atoms with Gasteiger partial charge in [-0.1, -0.05) is 30.3 Å². The maximum atomic E-state index is 12.3. The fraction of sp³-hybridized carbons (Fsp3) is 0.611. The van der Waals surface area contributed by atoms with E-state index in [0.717, 1.165) is 25.8 Å². The zero-order chi connectivity index (χ0) is 17.9. The number of hydrogen-bond donors (Lipinski definition) is 1. The molecule has 0 aromatic heterocycles. The molecule has 1 aromatic carbocycles. The summed E-state index contributed by atoms with van der Waals surface area (Å²) in [5.74, 6) is 0.0232. The second-order valence-electron chi connectivity index (χ2n) is 7.21. The molecule has 1 heterocycles. The van der Waals surface area contributed by atoms with Gasteiger partial charge in [-0.15, -0.1) is 0 Å². The van der Waals surface area contributed by atoms with Crippen molar-refractivity contribution in [3.05, 3.63) is 35.9 Å². The number of carbonyl (C=O) groups is 1. The number of hydrogen-bond acceptors (Lipinski definition) is 4. The average molecular weight is 365 g/mol. The number of sulfonamides is 1. The Hall–Kier alpha value is -1.44. The predicted molar refractivity (Wildman–Crippen MR) is 97.8 cm³/mol. The van der Waals surface area contributed by atoms with E-state index in [2.05, 4.69) is 17.4 Å². The zero-order valence-electron chi connectivity index (χ0n) is 14.8. The van der Waals surface area contributed by atoms with Crippen LogP contribution in [0, 0.1) is 0 Å². The second kappa shape index (κ2) is 7.43. The minimum atomic E-state index is -3.15. The van der Waals surface area contributed by atoms with E-state index in [0.29, 0.717) is 32.7 Å². The van der Waals surface area contributed by atoms with E-state index in [1.807, 2.05) is 23.1 Å². The summed E-state index contributed by atoms with van der Waals surface area (Å²) >= 11 is 0. The van der Waals surface area contributed by atoms with Gasteiger partial charge in [0.15, 0.2) is 0 Å². The van der Waals surface area contributed by atoms with Gasteiger partial charge in [-0.3, -0.25) is 9.69 Å². The number of rotatable bonds is 6. The van der Waals surface area contributed by atoms with Crippen LogP contribution in [0.5, 0.6) is 0 Å². The predicted octanol–water partition coefficient (Wildman–Crippen LogP) is 0.802. The molecule has 1 aromatic rings. The Morgan fingerprint density at radius 3 is 2.48 bits per heavy atom. The van der Waals surface area contributed by atoms with Crippen molar-refractivity contribution < 1.29 is 13.2 Å². The van der Waals surface area contributed by atoms with Gasteiger partial charge >= 0.3 is 0 Å². The van der Waals surface area contributed by atoms with Crippen molar-refractivity contribution in [3.63, 3.8) is 0 Å². The summed E-state index contributed by atoms with van der Waals surface area (Å²) in [7, 11) is -3.15. The molecule has 1 amide bonds. The lowest BCUT2D eigenvalue weighted by molar-refractivity contribution is -0.122. The normalized spacial score (nSPS) is 21.5. The van der Waals surface area contributed by atoms with Gasteiger partial charge in [0.25, 0.3) is 0 Å². The molecule has 3 rings (SSSR count). The van der Waals surface area contributed by atoms with Crippen LogP contribution in [0.25, 0.3) is 0 Å². The highest BCUT2D eigenvalue weighted by atomic mass is 32.2. The molecule has 138 valence electrons. The summed E-state index contributed by atoms with van der Waals surface area (Å²) in [5, 5.41) is 3.08. The first-order valence-electron chi connectivity index (χ1n) is 8.89. The van der Waals surface area contributed by atoms with Crippen LogP contribution in [0.1, 0.15) is 24.8 Å². The van der Waals surface area contributed by atoms with Crippen molar-refractivity contribution in [1.82, 2.24) is 14.5 Å². The van der Waals surface area contributed by atoms with Crippen LogP contribution in [0.3, 0.4) is 0 Å². The number of nitrogens with zero attached hydrogens (tertiary/aromatic N) is 2. The molecule has 1 saturated heterocycles. The van der Waals surface area contributed by atoms with Gasteiger partial charge in [-0.25, -0.2) is 12.7 Å². The van der Waals surface area contributed by atoms with Crippen molar-refractivity contribution >= 4 is 15.9 Å². The number of benzene rings is 1. The highest BCUT2D eigenvalue weighted by Gasteiger charge is 2.44. The molecule has 2 fully saturated rings. The number of amides is 1. The molecule has 7 heteroatoms. The van der Waals surface area contributed by atoms with Crippen LogP contribution in [-0.4, -0.2) is 69.1 Å². The van der Waals surface area contributed by atoms with E-state index < -0.39 is 10.0 Å². The Morgan fingerprint density at radius 1 is 1.12 bits per heavy atom. The van der Waals surface area contributed by atoms with Crippen molar-refractivity contribution in [2.45, 2.75) is 24.7 Å². The lowest BCUT2D eigenvalue weighted by atomic mass is 9.96. The molecule has 0 unspecified atom stereocenters. The van der Waals surface area contributed by atoms with Crippen molar-refractivity contribution in [3.8, 4) is 0 Å². The second-order valence-corrected chi connectivity index (χ2v) is 9.20. The first kappa shape index (κ1) is 18.4. The number of nitrogens with one attached hydrogen (secondary N) is 1. The Bertz CT molecular complexity index is 702. The molecule has 1 aliphatic heterocycles. The molecular formula is C18H27N3O3S. The largest absolute Gasteiger partial charge is 0.354 e. The Balaban J connectivity index is 1.47. The van der Waals surface area contributed by atoms with E-state index in [9.17, 15) is 13.2 Å². The minimum Gasteiger partial charge on any atom is -0.354 e. The topological polar surface area (TPSA) is 69.7 Å². The highest BCUT2D eigenvalue weighted by molar-refractivity contribution is 7.88. The van der Waals surface area contributed by atoms with Gasteiger partial charge in [-0.2, -0.15) is 0 Å². The molecule has 0 radical (unpaired) electrons. The van der Waals surface area contributed by atoms with Gasteiger partial charge < -0.3 is 5.32 Å². The summed E-state index contributed by atoms with van der Waals surface area (Å²) in [6, 6.07) is 10.4. The molecule has 1 saturated carbocycles. The van der Waals surface area contributed by atoms with Gasteiger partial charge in [-0.05, 0) is 31.4 Å². The molecule has 0 spiro atoms. The average Bonchev–Trinajstić information content (AvgIpc) is 3.38. The third-order valence-electron chi connectivity index (χ3n) is 5.25. The van der Waals surface area contributed by atoms with Crippen molar-refractivity contribution in [2.24, 2.45) is 0 Å². The maximum absolute atomic E-state index is 12.3. The lowest BCUT2D eigenvalue weighted by Gasteiger charge is -2.21. The smallest absolute Gasteiger partial charge is 0.234 e. The third kappa shape index (κ3) is 4.80. The van der Waals surface area contributed by atoms with Gasteiger partial charge in [0.2, 0.25) is 15.9 Å². The van der Waals surface area contributed by atoms with Crippen molar-refractivity contribution in [1.29, 1.82) is 0 Å². The highest BCUT2D eigenvalue weighted by Crippen LogP contribution is 2.47. The Labute approximate surface area is 150 Å². The Morgan fingerprint density at radius 2 is 1.84 bits per heavy atom. The van der Waals surface area contributed by atoms with Gasteiger partial charge in [0.05, 0.1) is 12.8 Å². The van der Waals surface area contributed by atoms with Crippen molar-refractivity contribution in [2.75, 3.05) is 45.5 Å². The van der Waals surface area contributed by atoms with E-state index in [-0.39, 0.29) is 11.3 Å². The summed E-state index contributed by atoms with van der Waals surface area (Å²) in [6.45, 7) is 3.36. The standard InChI is InChI=1S/C18H27N3O3S/c1-25(23,24)21-11-5-10-20(12-13-21)14-17(22)19-15-18(8-9-18)16-6-3-2-4-7-16/h2-4,6-7H,5,8-15H2,1H3,(H,19,22). The molecule has 2 aliphatic rings. The summed E-state index contributed by atoms with van der Waals surface area (Å²) in [4.78, 5) is 14.4. The van der Waals surface area contributed by atoms with E-state index in [1.54, 1.807) is 0 Å². The molecule has 25 heavy (non-hydrogen) atoms. The Kier molecular flexibility index (Phi) is 5.46. The fourth-order valence-corrected chi connectivity index (χ4v) is 4.35. The van der Waals surface area contributed by atoms with Gasteiger partial charge in [0, 0.05) is 31.6 Å². The SMILES string of the molecule is CS(=O)(=O)N1CCCN(CC(=O)NCC2(c3ccccc3)CC2)CC1. The zero-order valence-corrected chi connectivity index (χ0v) is 15.6. The van der Waals surface area contributed by atoms with Crippen LogP contribution in [0.4, 0.5) is 0 Å². The maximum Gasteiger partial charge on any atom is 0.234 e. The molecule has 1 aliphatic carbocycles. The fourth-order valence-electron chi connectivity index (χ4n) is 3.47.